The van der Waals surface area contributed by atoms with Gasteiger partial charge in [-0.15, -0.1) is 0 Å². The number of hydrogen-bond acceptors (Lipinski definition) is 1. The lowest BCUT2D eigenvalue weighted by Crippen LogP contribution is -2.03. The average molecular weight is 453 g/mol. The Morgan fingerprint density at radius 2 is 1.35 bits per heavy atom. The summed E-state index contributed by atoms with van der Waals surface area (Å²) in [5.41, 5.74) is 15.3. The second kappa shape index (κ2) is 14.2. The third-order valence-electron chi connectivity index (χ3n) is 6.45. The molecule has 0 aliphatic heterocycles. The summed E-state index contributed by atoms with van der Waals surface area (Å²) in [6.07, 6.45) is 10.2. The molecule has 0 aliphatic carbocycles. The largest absolute Gasteiger partial charge is 0.365 e. The van der Waals surface area contributed by atoms with Gasteiger partial charge >= 0.3 is 0 Å². The molecule has 0 fully saturated rings. The summed E-state index contributed by atoms with van der Waals surface area (Å²) in [5.74, 6) is 0. The second-order valence-corrected chi connectivity index (χ2v) is 8.98. The van der Waals surface area contributed by atoms with Crippen molar-refractivity contribution in [1.82, 2.24) is 4.98 Å². The second-order valence-electron chi connectivity index (χ2n) is 8.98. The summed E-state index contributed by atoms with van der Waals surface area (Å²) in [6.45, 7) is 4.94. The molecule has 0 bridgehead atoms. The van der Waals surface area contributed by atoms with E-state index in [1.54, 1.807) is 0 Å². The minimum atomic E-state index is 0.663. The number of nitrogens with two attached hydrogens (primary N) is 1. The lowest BCUT2D eigenvalue weighted by molar-refractivity contribution is 0.724. The summed E-state index contributed by atoms with van der Waals surface area (Å²) in [6, 6.07) is 30.5. The van der Waals surface area contributed by atoms with Crippen LogP contribution >= 0.6 is 0 Å². The van der Waals surface area contributed by atoms with E-state index in [4.69, 9.17) is 5.73 Å². The third kappa shape index (κ3) is 8.35. The number of hydrogen-bond donors (Lipinski definition) is 2. The van der Waals surface area contributed by atoms with Gasteiger partial charge in [0.15, 0.2) is 0 Å². The Bertz CT molecular complexity index is 1080. The molecule has 1 heterocycles. The Kier molecular flexibility index (Phi) is 10.7. The highest BCUT2D eigenvalue weighted by molar-refractivity contribution is 5.34. The molecule has 4 aromatic rings. The van der Waals surface area contributed by atoms with Crippen LogP contribution in [0.25, 0.3) is 0 Å². The van der Waals surface area contributed by atoms with Gasteiger partial charge in [0.2, 0.25) is 0 Å². The van der Waals surface area contributed by atoms with Gasteiger partial charge in [0, 0.05) is 18.4 Å². The fourth-order valence-corrected chi connectivity index (χ4v) is 4.43. The lowest BCUT2D eigenvalue weighted by Gasteiger charge is -2.07. The van der Waals surface area contributed by atoms with Gasteiger partial charge in [-0.2, -0.15) is 0 Å². The van der Waals surface area contributed by atoms with Crippen molar-refractivity contribution in [2.45, 2.75) is 65.3 Å². The Balaban J connectivity index is 0.000000248. The highest BCUT2D eigenvalue weighted by atomic mass is 14.7. The van der Waals surface area contributed by atoms with E-state index in [-0.39, 0.29) is 0 Å². The highest BCUT2D eigenvalue weighted by Crippen LogP contribution is 2.14. The molecule has 0 spiro atoms. The van der Waals surface area contributed by atoms with E-state index >= 15 is 0 Å². The van der Waals surface area contributed by atoms with E-state index in [9.17, 15) is 0 Å². The number of aromatic nitrogens is 1. The van der Waals surface area contributed by atoms with Gasteiger partial charge in [-0.1, -0.05) is 79.7 Å². The van der Waals surface area contributed by atoms with Crippen LogP contribution in [0, 0.1) is 6.92 Å². The van der Waals surface area contributed by atoms with Crippen molar-refractivity contribution in [1.29, 1.82) is 0 Å². The van der Waals surface area contributed by atoms with Crippen LogP contribution in [-0.2, 0) is 38.6 Å². The lowest BCUT2D eigenvalue weighted by atomic mass is 10.00. The number of nitrogens with one attached hydrogen (secondary N) is 1. The zero-order valence-electron chi connectivity index (χ0n) is 20.9. The van der Waals surface area contributed by atoms with Crippen LogP contribution in [0.2, 0.25) is 0 Å². The number of aromatic amines is 1. The number of H-pyrrole nitrogens is 1. The molecule has 3 N–H and O–H groups in total. The predicted molar refractivity (Wildman–Crippen MR) is 146 cm³/mol. The standard InChI is InChI=1S/C22H25N.C10H15N/c1-2-8-19(9-3-1)15-16-21-12-6-11-20(18-21)10-4-5-13-22-14-7-17-23-22;1-3-9-6-4-5-8(2)10(9)7-11/h1-3,6-9,11-12,14,17-18,23H,4-5,10,13,15-16H2;4-6H,3,7,11H2,1-2H3. The molecular weight excluding hydrogens is 412 g/mol. The topological polar surface area (TPSA) is 41.8 Å². The van der Waals surface area contributed by atoms with E-state index in [2.05, 4.69) is 104 Å². The number of benzene rings is 3. The molecule has 2 heteroatoms. The van der Waals surface area contributed by atoms with Gasteiger partial charge < -0.3 is 10.7 Å². The smallest absolute Gasteiger partial charge is 0.0183 e. The zero-order valence-corrected chi connectivity index (χ0v) is 20.9. The minimum Gasteiger partial charge on any atom is -0.365 e. The van der Waals surface area contributed by atoms with Gasteiger partial charge in [-0.05, 0) is 97.4 Å². The summed E-state index contributed by atoms with van der Waals surface area (Å²) < 4.78 is 0. The first-order chi connectivity index (χ1) is 16.7. The molecule has 34 heavy (non-hydrogen) atoms. The Labute approximate surface area is 206 Å². The average Bonchev–Trinajstić information content (AvgIpc) is 3.40. The van der Waals surface area contributed by atoms with Crippen molar-refractivity contribution in [3.8, 4) is 0 Å². The monoisotopic (exact) mass is 452 g/mol. The first kappa shape index (κ1) is 25.5. The molecule has 4 rings (SSSR count). The van der Waals surface area contributed by atoms with Crippen LogP contribution in [-0.4, -0.2) is 4.98 Å². The van der Waals surface area contributed by atoms with E-state index in [0.717, 1.165) is 25.7 Å². The Hall–Kier alpha value is -3.10. The normalized spacial score (nSPS) is 10.6. The van der Waals surface area contributed by atoms with Crippen LogP contribution < -0.4 is 5.73 Å². The molecule has 0 aliphatic rings. The summed E-state index contributed by atoms with van der Waals surface area (Å²) in [7, 11) is 0. The molecule has 2 nitrogen and oxygen atoms in total. The summed E-state index contributed by atoms with van der Waals surface area (Å²) >= 11 is 0. The molecule has 0 saturated carbocycles. The van der Waals surface area contributed by atoms with Crippen LogP contribution in [0.3, 0.4) is 0 Å². The van der Waals surface area contributed by atoms with Crippen molar-refractivity contribution in [2.75, 3.05) is 0 Å². The zero-order chi connectivity index (χ0) is 24.0. The summed E-state index contributed by atoms with van der Waals surface area (Å²) in [4.78, 5) is 3.28. The molecule has 1 aromatic heterocycles. The Morgan fingerprint density at radius 3 is 2.03 bits per heavy atom. The van der Waals surface area contributed by atoms with Gasteiger partial charge in [0.05, 0.1) is 0 Å². The van der Waals surface area contributed by atoms with Crippen LogP contribution in [0.15, 0.2) is 91.1 Å². The maximum Gasteiger partial charge on any atom is 0.0183 e. The van der Waals surface area contributed by atoms with E-state index in [0.29, 0.717) is 6.54 Å². The SMILES string of the molecule is CCc1cccc(C)c1CN.c1ccc(CCc2cccc(CCCCc3ccc[nH]3)c2)cc1. The Morgan fingerprint density at radius 1 is 0.676 bits per heavy atom. The summed E-state index contributed by atoms with van der Waals surface area (Å²) in [5, 5.41) is 0. The van der Waals surface area contributed by atoms with Crippen LogP contribution in [0.1, 0.15) is 58.8 Å². The van der Waals surface area contributed by atoms with Gasteiger partial charge in [0.25, 0.3) is 0 Å². The maximum atomic E-state index is 5.63. The van der Waals surface area contributed by atoms with E-state index < -0.39 is 0 Å². The van der Waals surface area contributed by atoms with Crippen molar-refractivity contribution >= 4 is 0 Å². The van der Waals surface area contributed by atoms with E-state index in [1.807, 2.05) is 6.20 Å². The third-order valence-corrected chi connectivity index (χ3v) is 6.45. The maximum absolute atomic E-state index is 5.63. The fourth-order valence-electron chi connectivity index (χ4n) is 4.43. The minimum absolute atomic E-state index is 0.663. The van der Waals surface area contributed by atoms with Crippen molar-refractivity contribution in [3.63, 3.8) is 0 Å². The molecule has 3 aromatic carbocycles. The van der Waals surface area contributed by atoms with Gasteiger partial charge in [-0.25, -0.2) is 0 Å². The molecule has 0 unspecified atom stereocenters. The quantitative estimate of drug-likeness (QED) is 0.242. The van der Waals surface area contributed by atoms with Crippen molar-refractivity contribution < 1.29 is 0 Å². The van der Waals surface area contributed by atoms with Crippen LogP contribution in [0.4, 0.5) is 0 Å². The number of rotatable bonds is 10. The van der Waals surface area contributed by atoms with Crippen molar-refractivity contribution in [2.24, 2.45) is 5.73 Å². The first-order valence-electron chi connectivity index (χ1n) is 12.7. The predicted octanol–water partition coefficient (Wildman–Crippen LogP) is 7.38. The molecule has 0 atom stereocenters. The number of unbranched alkanes of at least 4 members (excludes halogenated alkanes) is 1. The number of aryl methyl sites for hydroxylation is 6. The molecule has 178 valence electrons. The molecule has 0 saturated heterocycles. The molecule has 0 amide bonds. The fraction of sp³-hybridized carbons (Fsp3) is 0.312. The van der Waals surface area contributed by atoms with Crippen molar-refractivity contribution in [3.05, 3.63) is 130 Å². The van der Waals surface area contributed by atoms with E-state index in [1.165, 1.54) is 58.3 Å². The van der Waals surface area contributed by atoms with Crippen LogP contribution in [0.5, 0.6) is 0 Å². The van der Waals surface area contributed by atoms with Gasteiger partial charge in [-0.3, -0.25) is 0 Å². The molecular formula is C32H40N2. The highest BCUT2D eigenvalue weighted by Gasteiger charge is 2.01. The van der Waals surface area contributed by atoms with Gasteiger partial charge in [0.1, 0.15) is 0 Å². The first-order valence-corrected chi connectivity index (χ1v) is 12.7. The molecule has 0 radical (unpaired) electrons.